The van der Waals surface area contributed by atoms with Crippen molar-refractivity contribution in [2.24, 2.45) is 7.05 Å². The number of nitrogens with zero attached hydrogens (tertiary/aromatic N) is 2. The fraction of sp³-hybridized carbons (Fsp3) is 0.0952. The molecule has 1 amide bonds. The summed E-state index contributed by atoms with van der Waals surface area (Å²) in [6.45, 7) is 1.78. The van der Waals surface area contributed by atoms with Crippen LogP contribution in [-0.2, 0) is 7.05 Å². The fourth-order valence-electron chi connectivity index (χ4n) is 2.93. The predicted octanol–water partition coefficient (Wildman–Crippen LogP) is 4.48. The molecular formula is C21H16ClN3O3. The first kappa shape index (κ1) is 19.2. The standard InChI is InChI=1S/C21H16ClN3O3/c1-12-17(20(26)24-15-6-3-13(11-23)4-7-15)10-19(25(12)2)18-9-14(22)5-8-16(18)21(27)28/h3-10H,1-2H3,(H,24,26)(H,27,28). The highest BCUT2D eigenvalue weighted by Crippen LogP contribution is 2.30. The van der Waals surface area contributed by atoms with Crippen molar-refractivity contribution in [3.63, 3.8) is 0 Å². The van der Waals surface area contributed by atoms with Crippen molar-refractivity contribution in [3.8, 4) is 17.3 Å². The number of aromatic nitrogens is 1. The number of hydrogen-bond acceptors (Lipinski definition) is 3. The number of amides is 1. The summed E-state index contributed by atoms with van der Waals surface area (Å²) in [5.41, 5.74) is 3.26. The molecule has 0 radical (unpaired) electrons. The van der Waals surface area contributed by atoms with Crippen LogP contribution in [0.5, 0.6) is 0 Å². The van der Waals surface area contributed by atoms with E-state index < -0.39 is 5.97 Å². The number of anilines is 1. The first-order chi connectivity index (χ1) is 13.3. The van der Waals surface area contributed by atoms with Crippen molar-refractivity contribution in [2.45, 2.75) is 6.92 Å². The van der Waals surface area contributed by atoms with Crippen LogP contribution >= 0.6 is 11.6 Å². The topological polar surface area (TPSA) is 95.1 Å². The third-order valence-corrected chi connectivity index (χ3v) is 4.77. The van der Waals surface area contributed by atoms with Crippen molar-refractivity contribution in [1.29, 1.82) is 5.26 Å². The molecule has 0 aliphatic rings. The summed E-state index contributed by atoms with van der Waals surface area (Å²) in [7, 11) is 1.76. The Morgan fingerprint density at radius 3 is 2.39 bits per heavy atom. The van der Waals surface area contributed by atoms with E-state index in [0.717, 1.165) is 0 Å². The zero-order chi connectivity index (χ0) is 20.4. The van der Waals surface area contributed by atoms with Gasteiger partial charge < -0.3 is 15.0 Å². The second-order valence-corrected chi connectivity index (χ2v) is 6.66. The van der Waals surface area contributed by atoms with Gasteiger partial charge in [0.15, 0.2) is 0 Å². The Balaban J connectivity index is 2.00. The average molecular weight is 394 g/mol. The lowest BCUT2D eigenvalue weighted by Gasteiger charge is -2.09. The van der Waals surface area contributed by atoms with Gasteiger partial charge in [0.2, 0.25) is 0 Å². The number of carbonyl (C=O) groups excluding carboxylic acids is 1. The Morgan fingerprint density at radius 1 is 1.11 bits per heavy atom. The zero-order valence-electron chi connectivity index (χ0n) is 15.2. The molecule has 0 saturated carbocycles. The maximum Gasteiger partial charge on any atom is 0.336 e. The molecule has 0 saturated heterocycles. The van der Waals surface area contributed by atoms with E-state index >= 15 is 0 Å². The number of benzene rings is 2. The van der Waals surface area contributed by atoms with Crippen LogP contribution in [0, 0.1) is 18.3 Å². The first-order valence-electron chi connectivity index (χ1n) is 8.33. The lowest BCUT2D eigenvalue weighted by atomic mass is 10.0. The zero-order valence-corrected chi connectivity index (χ0v) is 15.9. The molecule has 1 aromatic heterocycles. The van der Waals surface area contributed by atoms with E-state index in [1.807, 2.05) is 6.07 Å². The van der Waals surface area contributed by atoms with Gasteiger partial charge in [-0.15, -0.1) is 0 Å². The quantitative estimate of drug-likeness (QED) is 0.683. The molecule has 0 aliphatic carbocycles. The second-order valence-electron chi connectivity index (χ2n) is 6.23. The first-order valence-corrected chi connectivity index (χ1v) is 8.70. The van der Waals surface area contributed by atoms with Crippen LogP contribution in [0.3, 0.4) is 0 Å². The molecule has 0 fully saturated rings. The molecule has 0 bridgehead atoms. The minimum absolute atomic E-state index is 0.101. The number of nitriles is 1. The molecule has 28 heavy (non-hydrogen) atoms. The summed E-state index contributed by atoms with van der Waals surface area (Å²) in [5.74, 6) is -1.41. The molecule has 0 aliphatic heterocycles. The van der Waals surface area contributed by atoms with Gasteiger partial charge in [0.05, 0.1) is 22.8 Å². The number of rotatable bonds is 4. The molecule has 2 aromatic carbocycles. The summed E-state index contributed by atoms with van der Waals surface area (Å²) in [4.78, 5) is 24.3. The molecule has 3 aromatic rings. The monoisotopic (exact) mass is 393 g/mol. The van der Waals surface area contributed by atoms with Crippen LogP contribution in [0.1, 0.15) is 32.0 Å². The van der Waals surface area contributed by atoms with E-state index in [2.05, 4.69) is 5.32 Å². The Labute approximate surface area is 166 Å². The van der Waals surface area contributed by atoms with Gasteiger partial charge in [-0.25, -0.2) is 4.79 Å². The third kappa shape index (κ3) is 3.61. The number of carboxylic acids is 1. The van der Waals surface area contributed by atoms with Gasteiger partial charge in [-0.1, -0.05) is 11.6 Å². The highest BCUT2D eigenvalue weighted by Gasteiger charge is 2.20. The Morgan fingerprint density at radius 2 is 1.79 bits per heavy atom. The van der Waals surface area contributed by atoms with Gasteiger partial charge in [-0.2, -0.15) is 5.26 Å². The van der Waals surface area contributed by atoms with Gasteiger partial charge in [-0.3, -0.25) is 4.79 Å². The number of hydrogen-bond donors (Lipinski definition) is 2. The van der Waals surface area contributed by atoms with Crippen LogP contribution in [-0.4, -0.2) is 21.6 Å². The van der Waals surface area contributed by atoms with Crippen molar-refractivity contribution < 1.29 is 14.7 Å². The van der Waals surface area contributed by atoms with Crippen LogP contribution in [0.25, 0.3) is 11.3 Å². The lowest BCUT2D eigenvalue weighted by molar-refractivity contribution is 0.0697. The van der Waals surface area contributed by atoms with E-state index in [-0.39, 0.29) is 11.5 Å². The number of halogens is 1. The maximum absolute atomic E-state index is 12.7. The van der Waals surface area contributed by atoms with Gasteiger partial charge >= 0.3 is 5.97 Å². The largest absolute Gasteiger partial charge is 0.478 e. The van der Waals surface area contributed by atoms with Crippen LogP contribution in [0.2, 0.25) is 5.02 Å². The molecule has 7 heteroatoms. The van der Waals surface area contributed by atoms with Gasteiger partial charge in [-0.05, 0) is 55.5 Å². The average Bonchev–Trinajstić information content (AvgIpc) is 2.97. The smallest absolute Gasteiger partial charge is 0.336 e. The summed E-state index contributed by atoms with van der Waals surface area (Å²) in [6.07, 6.45) is 0. The van der Waals surface area contributed by atoms with E-state index in [1.54, 1.807) is 54.9 Å². The summed E-state index contributed by atoms with van der Waals surface area (Å²) < 4.78 is 1.76. The summed E-state index contributed by atoms with van der Waals surface area (Å²) in [5, 5.41) is 21.5. The molecule has 0 unspecified atom stereocenters. The molecule has 0 spiro atoms. The molecule has 0 atom stereocenters. The van der Waals surface area contributed by atoms with E-state index in [4.69, 9.17) is 16.9 Å². The lowest BCUT2D eigenvalue weighted by Crippen LogP contribution is -2.12. The molecule has 2 N–H and O–H groups in total. The SMILES string of the molecule is Cc1c(C(=O)Nc2ccc(C#N)cc2)cc(-c2cc(Cl)ccc2C(=O)O)n1C. The highest BCUT2D eigenvalue weighted by atomic mass is 35.5. The Kier molecular flexibility index (Phi) is 5.21. The maximum atomic E-state index is 12.7. The van der Waals surface area contributed by atoms with Crippen molar-refractivity contribution in [1.82, 2.24) is 4.57 Å². The molecule has 1 heterocycles. The van der Waals surface area contributed by atoms with Gasteiger partial charge in [0, 0.05) is 34.7 Å². The van der Waals surface area contributed by atoms with E-state index in [0.29, 0.717) is 38.8 Å². The minimum Gasteiger partial charge on any atom is -0.478 e. The van der Waals surface area contributed by atoms with Gasteiger partial charge in [0.25, 0.3) is 5.91 Å². The number of nitrogens with one attached hydrogen (secondary N) is 1. The van der Waals surface area contributed by atoms with Crippen molar-refractivity contribution >= 4 is 29.2 Å². The third-order valence-electron chi connectivity index (χ3n) is 4.54. The summed E-state index contributed by atoms with van der Waals surface area (Å²) >= 11 is 6.06. The number of carboxylic acid groups (broad SMARTS) is 1. The summed E-state index contributed by atoms with van der Waals surface area (Å²) in [6, 6.07) is 14.7. The second kappa shape index (κ2) is 7.59. The van der Waals surface area contributed by atoms with E-state index in [1.165, 1.54) is 12.1 Å². The molecule has 3 rings (SSSR count). The van der Waals surface area contributed by atoms with Crippen LogP contribution in [0.15, 0.2) is 48.5 Å². The van der Waals surface area contributed by atoms with Gasteiger partial charge in [0.1, 0.15) is 0 Å². The minimum atomic E-state index is -1.07. The Bertz CT molecular complexity index is 1130. The number of aromatic carboxylic acids is 1. The van der Waals surface area contributed by atoms with Crippen LogP contribution in [0.4, 0.5) is 5.69 Å². The Hall–Kier alpha value is -3.56. The highest BCUT2D eigenvalue weighted by molar-refractivity contribution is 6.31. The molecular weight excluding hydrogens is 378 g/mol. The van der Waals surface area contributed by atoms with Crippen molar-refractivity contribution in [2.75, 3.05) is 5.32 Å². The van der Waals surface area contributed by atoms with E-state index in [9.17, 15) is 14.7 Å². The van der Waals surface area contributed by atoms with Crippen LogP contribution < -0.4 is 5.32 Å². The fourth-order valence-corrected chi connectivity index (χ4v) is 3.10. The molecule has 140 valence electrons. The normalized spacial score (nSPS) is 10.4. The predicted molar refractivity (Wildman–Crippen MR) is 107 cm³/mol. The molecule has 6 nitrogen and oxygen atoms in total. The number of carbonyl (C=O) groups is 2. The van der Waals surface area contributed by atoms with Crippen molar-refractivity contribution in [3.05, 3.63) is 75.9 Å².